The lowest BCUT2D eigenvalue weighted by molar-refractivity contribution is -0.141. The quantitative estimate of drug-likeness (QED) is 0.522. The molecule has 4 rings (SSSR count). The highest BCUT2D eigenvalue weighted by molar-refractivity contribution is 7.73. The molecular formula is C22H18N2O4S2. The van der Waals surface area contributed by atoms with E-state index in [1.807, 2.05) is 48.5 Å². The van der Waals surface area contributed by atoms with Crippen molar-refractivity contribution in [1.29, 1.82) is 0 Å². The van der Waals surface area contributed by atoms with Gasteiger partial charge in [0.15, 0.2) is 3.95 Å². The number of fused-ring (bicyclic) bond motifs is 1. The van der Waals surface area contributed by atoms with Crippen LogP contribution in [0, 0.1) is 3.95 Å². The number of aromatic nitrogens is 1. The predicted molar refractivity (Wildman–Crippen MR) is 121 cm³/mol. The Labute approximate surface area is 182 Å². The third kappa shape index (κ3) is 3.79. The maximum atomic E-state index is 12.0. The van der Waals surface area contributed by atoms with Gasteiger partial charge in [0.2, 0.25) is 5.88 Å². The van der Waals surface area contributed by atoms with Crippen LogP contribution in [-0.2, 0) is 11.2 Å². The van der Waals surface area contributed by atoms with Crippen molar-refractivity contribution in [2.45, 2.75) is 12.5 Å². The summed E-state index contributed by atoms with van der Waals surface area (Å²) in [6.07, 6.45) is 3.68. The number of benzene rings is 2. The van der Waals surface area contributed by atoms with E-state index in [9.17, 15) is 15.0 Å². The largest absolute Gasteiger partial charge is 0.497 e. The molecule has 2 aromatic carbocycles. The molecule has 152 valence electrons. The highest BCUT2D eigenvalue weighted by atomic mass is 32.1. The molecule has 0 fully saturated rings. The van der Waals surface area contributed by atoms with Gasteiger partial charge in [0.05, 0.1) is 17.7 Å². The molecule has 0 amide bonds. The fraction of sp³-hybridized carbons (Fsp3) is 0.136. The minimum absolute atomic E-state index is 0.162. The van der Waals surface area contributed by atoms with Gasteiger partial charge in [0.1, 0.15) is 11.8 Å². The highest BCUT2D eigenvalue weighted by Crippen LogP contribution is 2.38. The van der Waals surface area contributed by atoms with Gasteiger partial charge in [0.25, 0.3) is 0 Å². The van der Waals surface area contributed by atoms with Crippen LogP contribution in [0.5, 0.6) is 11.6 Å². The molecule has 0 spiro atoms. The average Bonchev–Trinajstić information content (AvgIpc) is 3.27. The van der Waals surface area contributed by atoms with Crippen molar-refractivity contribution >= 4 is 53.1 Å². The van der Waals surface area contributed by atoms with Crippen molar-refractivity contribution in [3.8, 4) is 11.6 Å². The number of carboxylic acid groups (broad SMARTS) is 1. The van der Waals surface area contributed by atoms with E-state index < -0.39 is 12.0 Å². The molecule has 1 aliphatic rings. The predicted octanol–water partition coefficient (Wildman–Crippen LogP) is 5.12. The van der Waals surface area contributed by atoms with E-state index in [-0.39, 0.29) is 12.3 Å². The zero-order chi connectivity index (χ0) is 21.3. The normalized spacial score (nSPS) is 14.6. The second kappa shape index (κ2) is 8.25. The van der Waals surface area contributed by atoms with E-state index in [0.717, 1.165) is 33.7 Å². The summed E-state index contributed by atoms with van der Waals surface area (Å²) in [7, 11) is 1.59. The Hall–Kier alpha value is -3.23. The smallest absolute Gasteiger partial charge is 0.327 e. The second-order valence-electron chi connectivity index (χ2n) is 6.71. The minimum Gasteiger partial charge on any atom is -0.497 e. The van der Waals surface area contributed by atoms with E-state index in [1.54, 1.807) is 19.4 Å². The number of thiazole rings is 1. The number of ether oxygens (including phenoxy) is 1. The van der Waals surface area contributed by atoms with Gasteiger partial charge in [-0.3, -0.25) is 9.56 Å². The molecule has 1 aliphatic heterocycles. The van der Waals surface area contributed by atoms with Crippen LogP contribution in [0.15, 0.2) is 53.5 Å². The number of methoxy groups -OCH3 is 1. The number of hydrogen-bond acceptors (Lipinski definition) is 6. The monoisotopic (exact) mass is 438 g/mol. The lowest BCUT2D eigenvalue weighted by Crippen LogP contribution is -2.21. The molecular weight excluding hydrogens is 420 g/mol. The maximum absolute atomic E-state index is 12.0. The van der Waals surface area contributed by atoms with Crippen LogP contribution >= 0.6 is 23.6 Å². The van der Waals surface area contributed by atoms with Crippen LogP contribution < -0.4 is 4.74 Å². The van der Waals surface area contributed by atoms with Crippen molar-refractivity contribution in [2.24, 2.45) is 4.99 Å². The molecule has 0 bridgehead atoms. The Morgan fingerprint density at radius 1 is 1.30 bits per heavy atom. The van der Waals surface area contributed by atoms with Crippen LogP contribution in [-0.4, -0.2) is 34.1 Å². The number of carbonyl (C=O) groups is 1. The number of aliphatic carboxylic acids is 1. The Bertz CT molecular complexity index is 1230. The van der Waals surface area contributed by atoms with Crippen molar-refractivity contribution in [3.63, 3.8) is 0 Å². The SMILES string of the molecule is COc1ccc2c(c1)C(=Cc1sc(=S)n([C@@H](Cc3ccccc3)C(=O)O)c1O)C=N2. The molecule has 0 saturated carbocycles. The Balaban J connectivity index is 1.73. The first kappa shape index (κ1) is 20.1. The summed E-state index contributed by atoms with van der Waals surface area (Å²) >= 11 is 6.57. The number of aromatic hydroxyl groups is 1. The van der Waals surface area contributed by atoms with Gasteiger partial charge in [-0.15, -0.1) is 11.3 Å². The molecule has 2 heterocycles. The molecule has 1 atom stereocenters. The summed E-state index contributed by atoms with van der Waals surface area (Å²) in [5, 5.41) is 20.6. The first-order chi connectivity index (χ1) is 14.5. The molecule has 30 heavy (non-hydrogen) atoms. The van der Waals surface area contributed by atoms with Gasteiger partial charge < -0.3 is 14.9 Å². The van der Waals surface area contributed by atoms with E-state index in [4.69, 9.17) is 17.0 Å². The average molecular weight is 439 g/mol. The standard InChI is InChI=1S/C22H18N2O4S2/c1-28-15-7-8-17-16(11-15)14(12-23-17)10-19-20(25)24(22(29)30-19)18(21(26)27)9-13-5-3-2-4-6-13/h2-8,10-12,18,25H,9H2,1H3,(H,26,27)/t18-/m0/s1. The van der Waals surface area contributed by atoms with Gasteiger partial charge in [-0.25, -0.2) is 4.79 Å². The topological polar surface area (TPSA) is 84.0 Å². The van der Waals surface area contributed by atoms with E-state index in [1.165, 1.54) is 4.57 Å². The summed E-state index contributed by atoms with van der Waals surface area (Å²) in [6, 6.07) is 13.8. The van der Waals surface area contributed by atoms with Gasteiger partial charge in [0, 0.05) is 23.8 Å². The minimum atomic E-state index is -1.06. The first-order valence-corrected chi connectivity index (χ1v) is 10.4. The van der Waals surface area contributed by atoms with Gasteiger partial charge in [-0.2, -0.15) is 0 Å². The molecule has 0 aliphatic carbocycles. The lowest BCUT2D eigenvalue weighted by atomic mass is 10.1. The highest BCUT2D eigenvalue weighted by Gasteiger charge is 2.26. The van der Waals surface area contributed by atoms with Crippen molar-refractivity contribution < 1.29 is 19.7 Å². The summed E-state index contributed by atoms with van der Waals surface area (Å²) in [5.41, 5.74) is 3.31. The number of carboxylic acids is 1. The Morgan fingerprint density at radius 3 is 2.77 bits per heavy atom. The zero-order valence-electron chi connectivity index (χ0n) is 16.0. The molecule has 3 aromatic rings. The fourth-order valence-electron chi connectivity index (χ4n) is 3.34. The van der Waals surface area contributed by atoms with Gasteiger partial charge in [-0.05, 0) is 42.1 Å². The summed E-state index contributed by atoms with van der Waals surface area (Å²) in [6.45, 7) is 0. The van der Waals surface area contributed by atoms with Gasteiger partial charge in [-0.1, -0.05) is 30.3 Å². The summed E-state index contributed by atoms with van der Waals surface area (Å²) in [4.78, 5) is 16.8. The molecule has 1 aromatic heterocycles. The molecule has 0 saturated heterocycles. The lowest BCUT2D eigenvalue weighted by Gasteiger charge is -2.15. The molecule has 6 nitrogen and oxygen atoms in total. The number of allylic oxidation sites excluding steroid dienone is 1. The number of nitrogens with zero attached hydrogens (tertiary/aromatic N) is 2. The third-order valence-corrected chi connectivity index (χ3v) is 6.19. The molecule has 2 N–H and O–H groups in total. The Kier molecular flexibility index (Phi) is 5.52. The van der Waals surface area contributed by atoms with Gasteiger partial charge >= 0.3 is 5.97 Å². The van der Waals surface area contributed by atoms with Crippen LogP contribution in [0.25, 0.3) is 11.6 Å². The zero-order valence-corrected chi connectivity index (χ0v) is 17.6. The number of rotatable bonds is 6. The van der Waals surface area contributed by atoms with Crippen LogP contribution in [0.4, 0.5) is 5.69 Å². The van der Waals surface area contributed by atoms with E-state index in [0.29, 0.717) is 14.6 Å². The molecule has 0 radical (unpaired) electrons. The Morgan fingerprint density at radius 2 is 2.07 bits per heavy atom. The third-order valence-electron chi connectivity index (χ3n) is 4.86. The number of hydrogen-bond donors (Lipinski definition) is 2. The van der Waals surface area contributed by atoms with Crippen LogP contribution in [0.2, 0.25) is 0 Å². The van der Waals surface area contributed by atoms with Crippen LogP contribution in [0.3, 0.4) is 0 Å². The molecule has 0 unspecified atom stereocenters. The summed E-state index contributed by atoms with van der Waals surface area (Å²) in [5.74, 6) is -0.515. The number of aliphatic imine (C=N–C) groups is 1. The fourth-order valence-corrected chi connectivity index (χ4v) is 4.70. The molecule has 8 heteroatoms. The van der Waals surface area contributed by atoms with Crippen molar-refractivity contribution in [1.82, 2.24) is 4.57 Å². The maximum Gasteiger partial charge on any atom is 0.327 e. The summed E-state index contributed by atoms with van der Waals surface area (Å²) < 4.78 is 6.88. The van der Waals surface area contributed by atoms with Crippen LogP contribution in [0.1, 0.15) is 22.0 Å². The first-order valence-electron chi connectivity index (χ1n) is 9.13. The van der Waals surface area contributed by atoms with Crippen molar-refractivity contribution in [3.05, 3.63) is 68.5 Å². The van der Waals surface area contributed by atoms with Crippen molar-refractivity contribution in [2.75, 3.05) is 7.11 Å². The second-order valence-corrected chi connectivity index (χ2v) is 8.39. The van der Waals surface area contributed by atoms with E-state index >= 15 is 0 Å². The van der Waals surface area contributed by atoms with E-state index in [2.05, 4.69) is 4.99 Å².